The molecule has 0 spiro atoms. The number of nitrogens with one attached hydrogen (secondary N) is 1. The average molecular weight is 473 g/mol. The molecule has 1 unspecified atom stereocenters. The van der Waals surface area contributed by atoms with E-state index in [4.69, 9.17) is 9.47 Å². The van der Waals surface area contributed by atoms with Gasteiger partial charge in [-0.1, -0.05) is 37.3 Å². The summed E-state index contributed by atoms with van der Waals surface area (Å²) in [6, 6.07) is 12.1. The van der Waals surface area contributed by atoms with Gasteiger partial charge in [0.15, 0.2) is 6.04 Å². The Bertz CT molecular complexity index is 1140. The SMILES string of the molecule is CC[C@H]1COC(=O)N1c1nc(C)nc(NC(c2ccc(Oc3ccccc3)cc2)C(F)(F)F)n1. The van der Waals surface area contributed by atoms with Gasteiger partial charge in [0, 0.05) is 0 Å². The normalized spacial score (nSPS) is 16.8. The third kappa shape index (κ3) is 5.19. The first-order valence-electron chi connectivity index (χ1n) is 10.6. The van der Waals surface area contributed by atoms with Crippen molar-refractivity contribution in [3.05, 3.63) is 66.0 Å². The van der Waals surface area contributed by atoms with Crippen LogP contribution in [0.1, 0.15) is 30.8 Å². The van der Waals surface area contributed by atoms with Gasteiger partial charge in [-0.25, -0.2) is 9.69 Å². The molecule has 178 valence electrons. The second-order valence-corrected chi connectivity index (χ2v) is 7.62. The molecule has 0 aliphatic carbocycles. The summed E-state index contributed by atoms with van der Waals surface area (Å²) in [5.41, 5.74) is -0.0560. The first-order chi connectivity index (χ1) is 16.2. The van der Waals surface area contributed by atoms with Crippen molar-refractivity contribution in [1.82, 2.24) is 15.0 Å². The molecule has 1 N–H and O–H groups in total. The molecule has 1 aromatic heterocycles. The van der Waals surface area contributed by atoms with Crippen molar-refractivity contribution in [2.45, 2.75) is 38.5 Å². The number of aryl methyl sites for hydroxylation is 1. The van der Waals surface area contributed by atoms with Crippen molar-refractivity contribution in [2.24, 2.45) is 0 Å². The second-order valence-electron chi connectivity index (χ2n) is 7.62. The largest absolute Gasteiger partial charge is 0.457 e. The Morgan fingerprint density at radius 1 is 1.09 bits per heavy atom. The highest BCUT2D eigenvalue weighted by atomic mass is 19.4. The maximum absolute atomic E-state index is 14.0. The van der Waals surface area contributed by atoms with Crippen molar-refractivity contribution in [3.8, 4) is 11.5 Å². The first-order valence-corrected chi connectivity index (χ1v) is 10.6. The van der Waals surface area contributed by atoms with Crippen LogP contribution in [0, 0.1) is 6.92 Å². The number of rotatable bonds is 7. The summed E-state index contributed by atoms with van der Waals surface area (Å²) >= 11 is 0. The van der Waals surface area contributed by atoms with E-state index in [0.717, 1.165) is 0 Å². The Morgan fingerprint density at radius 2 is 1.76 bits per heavy atom. The van der Waals surface area contributed by atoms with Crippen LogP contribution in [0.25, 0.3) is 0 Å². The van der Waals surface area contributed by atoms with Gasteiger partial charge in [-0.15, -0.1) is 0 Å². The van der Waals surface area contributed by atoms with Gasteiger partial charge >= 0.3 is 12.3 Å². The molecular formula is C23H22F3N5O3. The molecular weight excluding hydrogens is 451 g/mol. The highest BCUT2D eigenvalue weighted by Crippen LogP contribution is 2.36. The van der Waals surface area contributed by atoms with Crippen LogP contribution in [0.5, 0.6) is 11.5 Å². The Kier molecular flexibility index (Phi) is 6.53. The van der Waals surface area contributed by atoms with Gasteiger partial charge in [0.2, 0.25) is 11.9 Å². The van der Waals surface area contributed by atoms with Crippen LogP contribution in [-0.2, 0) is 4.74 Å². The molecule has 4 rings (SSSR count). The third-order valence-corrected chi connectivity index (χ3v) is 5.18. The van der Waals surface area contributed by atoms with Crippen LogP contribution < -0.4 is 15.0 Å². The summed E-state index contributed by atoms with van der Waals surface area (Å²) in [6.45, 7) is 3.53. The molecule has 1 aliphatic rings. The molecule has 1 saturated heterocycles. The van der Waals surface area contributed by atoms with E-state index in [9.17, 15) is 18.0 Å². The minimum atomic E-state index is -4.65. The Morgan fingerprint density at radius 3 is 2.41 bits per heavy atom. The highest BCUT2D eigenvalue weighted by Gasteiger charge is 2.42. The van der Waals surface area contributed by atoms with Gasteiger partial charge in [-0.05, 0) is 43.2 Å². The van der Waals surface area contributed by atoms with E-state index in [1.807, 2.05) is 13.0 Å². The lowest BCUT2D eigenvalue weighted by Crippen LogP contribution is -2.35. The van der Waals surface area contributed by atoms with E-state index < -0.39 is 18.3 Å². The van der Waals surface area contributed by atoms with Crippen molar-refractivity contribution in [3.63, 3.8) is 0 Å². The standard InChI is InChI=1S/C23H22F3N5O3/c1-3-16-13-33-22(32)31(16)21-28-14(2)27-20(30-21)29-19(23(24,25)26)15-9-11-18(12-10-15)34-17-7-5-4-6-8-17/h4-12,16,19H,3,13H2,1-2H3,(H,27,28,29,30)/t16-,19?/m0/s1. The smallest absolute Gasteiger partial charge is 0.417 e. The van der Waals surface area contributed by atoms with Gasteiger partial charge in [0.1, 0.15) is 23.9 Å². The van der Waals surface area contributed by atoms with E-state index in [2.05, 4.69) is 20.3 Å². The predicted molar refractivity (Wildman–Crippen MR) is 118 cm³/mol. The number of carbonyl (C=O) groups excluding carboxylic acids is 1. The van der Waals surface area contributed by atoms with Crippen molar-refractivity contribution in [2.75, 3.05) is 16.8 Å². The Labute approximate surface area is 193 Å². The topological polar surface area (TPSA) is 89.5 Å². The molecule has 1 aliphatic heterocycles. The summed E-state index contributed by atoms with van der Waals surface area (Å²) in [4.78, 5) is 25.6. The third-order valence-electron chi connectivity index (χ3n) is 5.18. The molecule has 0 saturated carbocycles. The summed E-state index contributed by atoms with van der Waals surface area (Å²) < 4.78 is 52.6. The average Bonchev–Trinajstić information content (AvgIpc) is 3.18. The first kappa shape index (κ1) is 23.3. The van der Waals surface area contributed by atoms with Crippen molar-refractivity contribution < 1.29 is 27.4 Å². The fraction of sp³-hybridized carbons (Fsp3) is 0.304. The number of cyclic esters (lactones) is 1. The number of benzene rings is 2. The van der Waals surface area contributed by atoms with Crippen LogP contribution in [0.4, 0.5) is 29.9 Å². The lowest BCUT2D eigenvalue weighted by Gasteiger charge is -2.23. The molecule has 11 heteroatoms. The van der Waals surface area contributed by atoms with Gasteiger partial charge < -0.3 is 14.8 Å². The number of para-hydroxylation sites is 1. The van der Waals surface area contributed by atoms with Crippen LogP contribution in [0.3, 0.4) is 0 Å². The number of hydrogen-bond acceptors (Lipinski definition) is 7. The monoisotopic (exact) mass is 473 g/mol. The molecule has 0 bridgehead atoms. The number of aromatic nitrogens is 3. The minimum absolute atomic E-state index is 0.0560. The summed E-state index contributed by atoms with van der Waals surface area (Å²) in [7, 11) is 0. The van der Waals surface area contributed by atoms with Crippen molar-refractivity contribution >= 4 is 18.0 Å². The fourth-order valence-corrected chi connectivity index (χ4v) is 3.48. The number of halogens is 3. The van der Waals surface area contributed by atoms with E-state index >= 15 is 0 Å². The zero-order valence-electron chi connectivity index (χ0n) is 18.4. The van der Waals surface area contributed by atoms with E-state index in [0.29, 0.717) is 17.9 Å². The number of hydrogen-bond donors (Lipinski definition) is 1. The molecule has 2 heterocycles. The number of alkyl halides is 3. The lowest BCUT2D eigenvalue weighted by molar-refractivity contribution is -0.144. The zero-order chi connectivity index (χ0) is 24.3. The second kappa shape index (κ2) is 9.54. The van der Waals surface area contributed by atoms with Gasteiger partial charge in [0.25, 0.3) is 0 Å². The number of carbonyl (C=O) groups is 1. The maximum Gasteiger partial charge on any atom is 0.417 e. The molecule has 2 atom stereocenters. The summed E-state index contributed by atoms with van der Waals surface area (Å²) in [5.74, 6) is 0.766. The van der Waals surface area contributed by atoms with E-state index in [1.165, 1.54) is 36.1 Å². The number of nitrogens with zero attached hydrogens (tertiary/aromatic N) is 4. The molecule has 0 radical (unpaired) electrons. The summed E-state index contributed by atoms with van der Waals surface area (Å²) in [5, 5.41) is 2.35. The Balaban J connectivity index is 1.59. The van der Waals surface area contributed by atoms with Crippen LogP contribution in [-0.4, -0.2) is 39.9 Å². The van der Waals surface area contributed by atoms with Crippen LogP contribution >= 0.6 is 0 Å². The van der Waals surface area contributed by atoms with Crippen LogP contribution in [0.2, 0.25) is 0 Å². The summed E-state index contributed by atoms with van der Waals surface area (Å²) in [6.07, 6.45) is -4.73. The van der Waals surface area contributed by atoms with Gasteiger partial charge in [-0.3, -0.25) is 0 Å². The minimum Gasteiger partial charge on any atom is -0.457 e. The highest BCUT2D eigenvalue weighted by molar-refractivity contribution is 5.88. The zero-order valence-corrected chi connectivity index (χ0v) is 18.4. The Hall–Kier alpha value is -3.89. The molecule has 2 aromatic carbocycles. The predicted octanol–water partition coefficient (Wildman–Crippen LogP) is 5.42. The number of amides is 1. The molecule has 3 aromatic rings. The van der Waals surface area contributed by atoms with Crippen molar-refractivity contribution in [1.29, 1.82) is 0 Å². The van der Waals surface area contributed by atoms with E-state index in [1.54, 1.807) is 24.3 Å². The van der Waals surface area contributed by atoms with Gasteiger partial charge in [-0.2, -0.15) is 28.1 Å². The van der Waals surface area contributed by atoms with Gasteiger partial charge in [0.05, 0.1) is 6.04 Å². The molecule has 1 fully saturated rings. The number of ether oxygens (including phenoxy) is 2. The fourth-order valence-electron chi connectivity index (χ4n) is 3.48. The molecule has 1 amide bonds. The number of anilines is 2. The quantitative estimate of drug-likeness (QED) is 0.490. The van der Waals surface area contributed by atoms with E-state index in [-0.39, 0.29) is 35.9 Å². The molecule has 34 heavy (non-hydrogen) atoms. The molecule has 8 nitrogen and oxygen atoms in total. The van der Waals surface area contributed by atoms with Crippen LogP contribution in [0.15, 0.2) is 54.6 Å². The maximum atomic E-state index is 14.0. The lowest BCUT2D eigenvalue weighted by atomic mass is 10.1.